The molecule has 0 radical (unpaired) electrons. The van der Waals surface area contributed by atoms with Crippen LogP contribution in [0.4, 0.5) is 0 Å². The molecule has 0 bridgehead atoms. The standard InChI is InChI=1S/C29H24N2O8/c1-31-8-7-16-19(27-28(38-14-37-27)25(33)24(16)29(31)34)12-30-23(32)10-18-17-9-21-22(36-13-35-21)11-20(17)39-26(18)15-5-3-2-4-6-15/h2-6,9,11,33H,7-8,10,12-14H2,1H3,(H,30,32). The molecule has 0 aliphatic carbocycles. The smallest absolute Gasteiger partial charge is 0.257 e. The molecule has 3 aromatic carbocycles. The topological polar surface area (TPSA) is 120 Å². The quantitative estimate of drug-likeness (QED) is 0.402. The summed E-state index contributed by atoms with van der Waals surface area (Å²) in [6, 6.07) is 13.2. The summed E-state index contributed by atoms with van der Waals surface area (Å²) in [7, 11) is 1.68. The van der Waals surface area contributed by atoms with Gasteiger partial charge < -0.3 is 38.7 Å². The number of carbonyl (C=O) groups is 2. The zero-order valence-corrected chi connectivity index (χ0v) is 21.0. The third kappa shape index (κ3) is 3.70. The molecule has 0 unspecified atom stereocenters. The molecule has 4 aromatic rings. The Hall–Kier alpha value is -4.86. The zero-order valence-electron chi connectivity index (χ0n) is 21.0. The van der Waals surface area contributed by atoms with Gasteiger partial charge in [0, 0.05) is 48.3 Å². The van der Waals surface area contributed by atoms with Crippen LogP contribution in [0.1, 0.15) is 27.0 Å². The first-order valence-electron chi connectivity index (χ1n) is 12.6. The van der Waals surface area contributed by atoms with E-state index >= 15 is 0 Å². The molecule has 3 aliphatic rings. The lowest BCUT2D eigenvalue weighted by molar-refractivity contribution is -0.120. The summed E-state index contributed by atoms with van der Waals surface area (Å²) in [5, 5.41) is 14.5. The van der Waals surface area contributed by atoms with Gasteiger partial charge in [0.25, 0.3) is 5.91 Å². The second kappa shape index (κ2) is 8.87. The lowest BCUT2D eigenvalue weighted by Crippen LogP contribution is -2.35. The molecule has 0 fully saturated rings. The molecule has 0 saturated carbocycles. The molecule has 4 heterocycles. The van der Waals surface area contributed by atoms with E-state index in [4.69, 9.17) is 23.4 Å². The van der Waals surface area contributed by atoms with E-state index in [1.165, 1.54) is 0 Å². The Morgan fingerprint density at radius 2 is 1.74 bits per heavy atom. The van der Waals surface area contributed by atoms with Gasteiger partial charge in [0.1, 0.15) is 11.3 Å². The van der Waals surface area contributed by atoms with Crippen molar-refractivity contribution in [3.05, 3.63) is 64.7 Å². The number of phenolic OH excluding ortho intramolecular Hbond substituents is 1. The van der Waals surface area contributed by atoms with Gasteiger partial charge in [-0.25, -0.2) is 0 Å². The first-order chi connectivity index (χ1) is 19.0. The minimum Gasteiger partial charge on any atom is -0.504 e. The molecular formula is C29H24N2O8. The third-order valence-corrected chi connectivity index (χ3v) is 7.38. The van der Waals surface area contributed by atoms with E-state index in [0.29, 0.717) is 52.7 Å². The number of benzene rings is 3. The van der Waals surface area contributed by atoms with Crippen LogP contribution in [0.15, 0.2) is 46.9 Å². The monoisotopic (exact) mass is 528 g/mol. The van der Waals surface area contributed by atoms with Crippen molar-refractivity contribution >= 4 is 22.8 Å². The third-order valence-electron chi connectivity index (χ3n) is 7.38. The molecule has 39 heavy (non-hydrogen) atoms. The zero-order chi connectivity index (χ0) is 26.7. The first-order valence-corrected chi connectivity index (χ1v) is 12.6. The summed E-state index contributed by atoms with van der Waals surface area (Å²) in [4.78, 5) is 27.8. The van der Waals surface area contributed by atoms with Gasteiger partial charge in [-0.15, -0.1) is 0 Å². The van der Waals surface area contributed by atoms with E-state index in [2.05, 4.69) is 5.32 Å². The number of aromatic hydroxyl groups is 1. The van der Waals surface area contributed by atoms with Gasteiger partial charge in [0.2, 0.25) is 25.2 Å². The maximum atomic E-state index is 13.4. The van der Waals surface area contributed by atoms with Crippen LogP contribution in [0.3, 0.4) is 0 Å². The largest absolute Gasteiger partial charge is 0.504 e. The maximum absolute atomic E-state index is 13.4. The van der Waals surface area contributed by atoms with Crippen molar-refractivity contribution < 1.29 is 38.1 Å². The van der Waals surface area contributed by atoms with E-state index in [-0.39, 0.29) is 55.4 Å². The van der Waals surface area contributed by atoms with Gasteiger partial charge in [-0.3, -0.25) is 9.59 Å². The van der Waals surface area contributed by atoms with E-state index in [0.717, 1.165) is 16.5 Å². The van der Waals surface area contributed by atoms with E-state index < -0.39 is 0 Å². The number of carbonyl (C=O) groups excluding carboxylic acids is 2. The highest BCUT2D eigenvalue weighted by atomic mass is 16.7. The lowest BCUT2D eigenvalue weighted by atomic mass is 9.91. The number of hydrogen-bond acceptors (Lipinski definition) is 8. The van der Waals surface area contributed by atoms with E-state index in [1.54, 1.807) is 18.0 Å². The molecule has 2 N–H and O–H groups in total. The van der Waals surface area contributed by atoms with Crippen molar-refractivity contribution in [2.75, 3.05) is 27.2 Å². The SMILES string of the molecule is CN1CCc2c(CNC(=O)Cc3c(-c4ccccc4)oc4cc5c(cc34)OCO5)c3c(c(O)c2C1=O)OCO3. The van der Waals surface area contributed by atoms with Crippen molar-refractivity contribution in [2.45, 2.75) is 19.4 Å². The summed E-state index contributed by atoms with van der Waals surface area (Å²) in [6.45, 7) is 0.652. The number of amides is 2. The molecule has 2 amide bonds. The molecule has 10 heteroatoms. The number of hydrogen-bond donors (Lipinski definition) is 2. The number of nitrogens with zero attached hydrogens (tertiary/aromatic N) is 1. The van der Waals surface area contributed by atoms with E-state index in [1.807, 2.05) is 36.4 Å². The minimum atomic E-state index is -0.296. The number of nitrogens with one attached hydrogen (secondary N) is 1. The number of phenols is 1. The highest BCUT2D eigenvalue weighted by Crippen LogP contribution is 2.49. The predicted molar refractivity (Wildman–Crippen MR) is 138 cm³/mol. The molecule has 0 atom stereocenters. The molecule has 3 aliphatic heterocycles. The molecule has 198 valence electrons. The molecule has 10 nitrogen and oxygen atoms in total. The lowest BCUT2D eigenvalue weighted by Gasteiger charge is -2.28. The normalized spacial score (nSPS) is 15.1. The number of fused-ring (bicyclic) bond motifs is 4. The van der Waals surface area contributed by atoms with Crippen LogP contribution in [0.25, 0.3) is 22.3 Å². The van der Waals surface area contributed by atoms with Crippen LogP contribution in [0, 0.1) is 0 Å². The number of ether oxygens (including phenoxy) is 4. The fourth-order valence-electron chi connectivity index (χ4n) is 5.43. The summed E-state index contributed by atoms with van der Waals surface area (Å²) in [6.07, 6.45) is 0.559. The minimum absolute atomic E-state index is 0.0400. The molecule has 1 aromatic heterocycles. The van der Waals surface area contributed by atoms with Gasteiger partial charge in [-0.1, -0.05) is 30.3 Å². The van der Waals surface area contributed by atoms with Crippen molar-refractivity contribution in [3.8, 4) is 40.1 Å². The average molecular weight is 529 g/mol. The molecule has 0 spiro atoms. The first kappa shape index (κ1) is 23.3. The Labute approximate surface area is 222 Å². The highest BCUT2D eigenvalue weighted by molar-refractivity contribution is 6.01. The van der Waals surface area contributed by atoms with Crippen LogP contribution < -0.4 is 24.3 Å². The molecule has 7 rings (SSSR count). The number of rotatable bonds is 5. The number of likely N-dealkylation sites (N-methyl/N-ethyl adjacent to an activating group) is 1. The van der Waals surface area contributed by atoms with Crippen LogP contribution in [0.5, 0.6) is 28.7 Å². The molecule has 0 saturated heterocycles. The summed E-state index contributed by atoms with van der Waals surface area (Å²) < 4.78 is 28.4. The second-order valence-electron chi connectivity index (χ2n) is 9.65. The van der Waals surface area contributed by atoms with Gasteiger partial charge >= 0.3 is 0 Å². The Morgan fingerprint density at radius 3 is 2.56 bits per heavy atom. The van der Waals surface area contributed by atoms with Crippen molar-refractivity contribution in [1.82, 2.24) is 10.2 Å². The average Bonchev–Trinajstić information content (AvgIpc) is 3.69. The fraction of sp³-hybridized carbons (Fsp3) is 0.241. The van der Waals surface area contributed by atoms with Crippen molar-refractivity contribution in [1.29, 1.82) is 0 Å². The van der Waals surface area contributed by atoms with Gasteiger partial charge in [0.05, 0.1) is 12.0 Å². The van der Waals surface area contributed by atoms with Crippen molar-refractivity contribution in [3.63, 3.8) is 0 Å². The van der Waals surface area contributed by atoms with Crippen LogP contribution >= 0.6 is 0 Å². The Kier molecular flexibility index (Phi) is 5.29. The van der Waals surface area contributed by atoms with Gasteiger partial charge in [0.15, 0.2) is 23.0 Å². The maximum Gasteiger partial charge on any atom is 0.257 e. The summed E-state index contributed by atoms with van der Waals surface area (Å²) in [5.41, 5.74) is 3.65. The van der Waals surface area contributed by atoms with Crippen LogP contribution in [0.2, 0.25) is 0 Å². The van der Waals surface area contributed by atoms with Gasteiger partial charge in [-0.05, 0) is 18.1 Å². The van der Waals surface area contributed by atoms with Crippen LogP contribution in [-0.2, 0) is 24.2 Å². The van der Waals surface area contributed by atoms with E-state index in [9.17, 15) is 14.7 Å². The van der Waals surface area contributed by atoms with Crippen molar-refractivity contribution in [2.24, 2.45) is 0 Å². The number of furan rings is 1. The fourth-order valence-corrected chi connectivity index (χ4v) is 5.43. The highest BCUT2D eigenvalue weighted by Gasteiger charge is 2.36. The molecular weight excluding hydrogens is 504 g/mol. The predicted octanol–water partition coefficient (Wildman–Crippen LogP) is 3.75. The summed E-state index contributed by atoms with van der Waals surface area (Å²) >= 11 is 0. The Bertz CT molecular complexity index is 1660. The summed E-state index contributed by atoms with van der Waals surface area (Å²) in [5.74, 6) is 1.51. The van der Waals surface area contributed by atoms with Crippen LogP contribution in [-0.4, -0.2) is 49.0 Å². The Balaban J connectivity index is 1.22. The Morgan fingerprint density at radius 1 is 1.00 bits per heavy atom. The second-order valence-corrected chi connectivity index (χ2v) is 9.65. The van der Waals surface area contributed by atoms with Gasteiger partial charge in [-0.2, -0.15) is 0 Å².